The van der Waals surface area contributed by atoms with Gasteiger partial charge in [-0.05, 0) is 12.2 Å². The Labute approximate surface area is 86.6 Å². The van der Waals surface area contributed by atoms with Crippen molar-refractivity contribution >= 4 is 29.6 Å². The van der Waals surface area contributed by atoms with E-state index < -0.39 is 6.04 Å². The maximum absolute atomic E-state index is 11.2. The third-order valence-corrected chi connectivity index (χ3v) is 3.39. The molecule has 4 nitrogen and oxygen atoms in total. The number of carbonyl (C=O) groups excluding carboxylic acids is 3. The highest BCUT2D eigenvalue weighted by Gasteiger charge is 2.30. The van der Waals surface area contributed by atoms with Crippen LogP contribution in [0, 0.1) is 0 Å². The van der Waals surface area contributed by atoms with E-state index in [4.69, 9.17) is 5.73 Å². The average Bonchev–Trinajstić information content (AvgIpc) is 2.45. The highest BCUT2D eigenvalue weighted by atomic mass is 32.2. The molecule has 0 radical (unpaired) electrons. The van der Waals surface area contributed by atoms with Crippen LogP contribution in [0.4, 0.5) is 0 Å². The van der Waals surface area contributed by atoms with Gasteiger partial charge in [-0.3, -0.25) is 9.59 Å². The van der Waals surface area contributed by atoms with E-state index >= 15 is 0 Å². The Balaban J connectivity index is 2.22. The zero-order valence-electron chi connectivity index (χ0n) is 7.77. The Morgan fingerprint density at radius 1 is 1.57 bits per heavy atom. The van der Waals surface area contributed by atoms with Crippen molar-refractivity contribution < 1.29 is 14.4 Å². The number of carbonyl (C=O) groups is 3. The summed E-state index contributed by atoms with van der Waals surface area (Å²) in [6.07, 6.45) is 1.69. The Morgan fingerprint density at radius 3 is 2.79 bits per heavy atom. The molecule has 0 saturated heterocycles. The number of rotatable bonds is 5. The van der Waals surface area contributed by atoms with Crippen LogP contribution in [0.3, 0.4) is 0 Å². The SMILES string of the molecule is N[C@H](C=O)CCSC1CC(=O)CC1=O. The first-order chi connectivity index (χ1) is 6.63. The second kappa shape index (κ2) is 5.26. The summed E-state index contributed by atoms with van der Waals surface area (Å²) >= 11 is 1.43. The van der Waals surface area contributed by atoms with Gasteiger partial charge < -0.3 is 10.5 Å². The molecule has 0 aromatic heterocycles. The van der Waals surface area contributed by atoms with Crippen LogP contribution in [0.15, 0.2) is 0 Å². The first-order valence-electron chi connectivity index (χ1n) is 4.50. The van der Waals surface area contributed by atoms with Crippen LogP contribution in [0.5, 0.6) is 0 Å². The predicted octanol–water partition coefficient (Wildman–Crippen LogP) is -0.0635. The van der Waals surface area contributed by atoms with Crippen molar-refractivity contribution in [2.45, 2.75) is 30.6 Å². The molecule has 0 aromatic rings. The molecule has 78 valence electrons. The minimum Gasteiger partial charge on any atom is -0.322 e. The lowest BCUT2D eigenvalue weighted by molar-refractivity contribution is -0.121. The van der Waals surface area contributed by atoms with E-state index in [2.05, 4.69) is 0 Å². The van der Waals surface area contributed by atoms with Gasteiger partial charge in [0.2, 0.25) is 0 Å². The largest absolute Gasteiger partial charge is 0.322 e. The van der Waals surface area contributed by atoms with E-state index in [1.165, 1.54) is 11.8 Å². The maximum atomic E-state index is 11.2. The molecular formula is C9H13NO3S. The third-order valence-electron chi connectivity index (χ3n) is 2.09. The number of hydrogen-bond acceptors (Lipinski definition) is 5. The zero-order chi connectivity index (χ0) is 10.6. The summed E-state index contributed by atoms with van der Waals surface area (Å²) in [5.41, 5.74) is 5.39. The fourth-order valence-corrected chi connectivity index (χ4v) is 2.53. The van der Waals surface area contributed by atoms with Gasteiger partial charge in [-0.1, -0.05) is 0 Å². The predicted molar refractivity (Wildman–Crippen MR) is 54.2 cm³/mol. The minimum atomic E-state index is -0.449. The summed E-state index contributed by atoms with van der Waals surface area (Å²) < 4.78 is 0. The average molecular weight is 215 g/mol. The summed E-state index contributed by atoms with van der Waals surface area (Å²) in [7, 11) is 0. The molecule has 1 rings (SSSR count). The van der Waals surface area contributed by atoms with Gasteiger partial charge in [-0.2, -0.15) is 11.8 Å². The fourth-order valence-electron chi connectivity index (χ4n) is 1.27. The molecule has 5 heteroatoms. The van der Waals surface area contributed by atoms with Crippen LogP contribution in [0.1, 0.15) is 19.3 Å². The molecule has 1 aliphatic rings. The fraction of sp³-hybridized carbons (Fsp3) is 0.667. The van der Waals surface area contributed by atoms with Gasteiger partial charge in [0.05, 0.1) is 17.7 Å². The molecule has 0 bridgehead atoms. The van der Waals surface area contributed by atoms with E-state index in [1.807, 2.05) is 0 Å². The number of thioether (sulfide) groups is 1. The van der Waals surface area contributed by atoms with Crippen molar-refractivity contribution in [3.63, 3.8) is 0 Å². The smallest absolute Gasteiger partial charge is 0.153 e. The lowest BCUT2D eigenvalue weighted by Crippen LogP contribution is -2.22. The molecular weight excluding hydrogens is 202 g/mol. The van der Waals surface area contributed by atoms with Gasteiger partial charge in [0.1, 0.15) is 12.1 Å². The molecule has 2 N–H and O–H groups in total. The van der Waals surface area contributed by atoms with Gasteiger partial charge in [0.15, 0.2) is 5.78 Å². The molecule has 0 amide bonds. The lowest BCUT2D eigenvalue weighted by Gasteiger charge is -2.07. The number of nitrogens with two attached hydrogens (primary N) is 1. The second-order valence-electron chi connectivity index (χ2n) is 3.33. The van der Waals surface area contributed by atoms with Crippen molar-refractivity contribution in [3.05, 3.63) is 0 Å². The van der Waals surface area contributed by atoms with Crippen LogP contribution in [0.2, 0.25) is 0 Å². The first-order valence-corrected chi connectivity index (χ1v) is 5.55. The summed E-state index contributed by atoms with van der Waals surface area (Å²) in [4.78, 5) is 32.3. The van der Waals surface area contributed by atoms with Gasteiger partial charge in [0, 0.05) is 6.42 Å². The molecule has 0 spiro atoms. The van der Waals surface area contributed by atoms with Gasteiger partial charge in [-0.25, -0.2) is 0 Å². The van der Waals surface area contributed by atoms with E-state index in [1.54, 1.807) is 0 Å². The van der Waals surface area contributed by atoms with Gasteiger partial charge in [-0.15, -0.1) is 0 Å². The highest BCUT2D eigenvalue weighted by Crippen LogP contribution is 2.24. The molecule has 1 unspecified atom stereocenters. The summed E-state index contributed by atoms with van der Waals surface area (Å²) in [6.45, 7) is 0. The molecule has 1 aliphatic carbocycles. The standard InChI is InChI=1S/C9H13NO3S/c10-6(5-11)1-2-14-9-4-7(12)3-8(9)13/h5-6,9H,1-4,10H2/t6-,9?/m0/s1. The Morgan fingerprint density at radius 2 is 2.29 bits per heavy atom. The molecule has 0 heterocycles. The summed E-state index contributed by atoms with van der Waals surface area (Å²) in [6, 6.07) is -0.449. The van der Waals surface area contributed by atoms with Gasteiger partial charge >= 0.3 is 0 Å². The van der Waals surface area contributed by atoms with Crippen LogP contribution in [-0.4, -0.2) is 34.9 Å². The van der Waals surface area contributed by atoms with Crippen molar-refractivity contribution in [1.82, 2.24) is 0 Å². The molecule has 1 fully saturated rings. The van der Waals surface area contributed by atoms with Crippen LogP contribution in [-0.2, 0) is 14.4 Å². The van der Waals surface area contributed by atoms with Crippen LogP contribution in [0.25, 0.3) is 0 Å². The lowest BCUT2D eigenvalue weighted by atomic mass is 10.3. The third kappa shape index (κ3) is 3.23. The molecule has 0 aromatic carbocycles. The molecule has 2 atom stereocenters. The van der Waals surface area contributed by atoms with E-state index in [0.29, 0.717) is 24.9 Å². The van der Waals surface area contributed by atoms with Crippen LogP contribution < -0.4 is 5.73 Å². The molecule has 14 heavy (non-hydrogen) atoms. The Kier molecular flexibility index (Phi) is 4.28. The van der Waals surface area contributed by atoms with Crippen LogP contribution >= 0.6 is 11.8 Å². The molecule has 1 saturated carbocycles. The second-order valence-corrected chi connectivity index (χ2v) is 4.64. The summed E-state index contributed by atoms with van der Waals surface area (Å²) in [5, 5.41) is -0.193. The van der Waals surface area contributed by atoms with Crippen molar-refractivity contribution in [3.8, 4) is 0 Å². The van der Waals surface area contributed by atoms with Crippen molar-refractivity contribution in [2.24, 2.45) is 5.73 Å². The number of Topliss-reactive ketones (excluding diaryl/α,β-unsaturated/α-hetero) is 2. The number of ketones is 2. The zero-order valence-corrected chi connectivity index (χ0v) is 8.59. The Bertz CT molecular complexity index is 254. The normalized spacial score (nSPS) is 23.9. The highest BCUT2D eigenvalue weighted by molar-refractivity contribution is 8.00. The van der Waals surface area contributed by atoms with E-state index in [-0.39, 0.29) is 23.2 Å². The van der Waals surface area contributed by atoms with Crippen molar-refractivity contribution in [2.75, 3.05) is 5.75 Å². The first kappa shape index (κ1) is 11.4. The number of aldehydes is 1. The maximum Gasteiger partial charge on any atom is 0.153 e. The van der Waals surface area contributed by atoms with E-state index in [0.717, 1.165) is 0 Å². The van der Waals surface area contributed by atoms with E-state index in [9.17, 15) is 14.4 Å². The van der Waals surface area contributed by atoms with Crippen molar-refractivity contribution in [1.29, 1.82) is 0 Å². The topological polar surface area (TPSA) is 77.2 Å². The van der Waals surface area contributed by atoms with Gasteiger partial charge in [0.25, 0.3) is 0 Å². The summed E-state index contributed by atoms with van der Waals surface area (Å²) in [5.74, 6) is 0.690. The minimum absolute atomic E-state index is 0.0136. The monoisotopic (exact) mass is 215 g/mol. The Hall–Kier alpha value is -0.680. The molecule has 0 aliphatic heterocycles. The quantitative estimate of drug-likeness (QED) is 0.513. The number of hydrogen-bond donors (Lipinski definition) is 1.